The molecule has 1 amide bonds. The van der Waals surface area contributed by atoms with Gasteiger partial charge in [-0.25, -0.2) is 18.9 Å². The van der Waals surface area contributed by atoms with Gasteiger partial charge in [0.15, 0.2) is 17.3 Å². The number of fused-ring (bicyclic) bond motifs is 1. The fourth-order valence-corrected chi connectivity index (χ4v) is 5.56. The molecule has 0 spiro atoms. The number of benzene rings is 3. The van der Waals surface area contributed by atoms with Gasteiger partial charge in [-0.05, 0) is 47.4 Å². The number of carbonyl (C=O) groups excluding carboxylic acids is 2. The number of ketones is 1. The molecule has 1 aliphatic heterocycles. The Morgan fingerprint density at radius 3 is 2.53 bits per heavy atom. The van der Waals surface area contributed by atoms with Gasteiger partial charge in [0.05, 0.1) is 28.8 Å². The number of halogens is 2. The van der Waals surface area contributed by atoms with Crippen LogP contribution in [0.2, 0.25) is 5.02 Å². The van der Waals surface area contributed by atoms with Gasteiger partial charge in [-0.3, -0.25) is 9.59 Å². The summed E-state index contributed by atoms with van der Waals surface area (Å²) in [5, 5.41) is 17.1. The van der Waals surface area contributed by atoms with Gasteiger partial charge in [0.25, 0.3) is 5.91 Å². The molecule has 0 fully saturated rings. The number of imidazole rings is 1. The first-order chi connectivity index (χ1) is 20.7. The molecule has 10 nitrogen and oxygen atoms in total. The second-order valence-corrected chi connectivity index (χ2v) is 10.6. The summed E-state index contributed by atoms with van der Waals surface area (Å²) in [6.45, 7) is 0.211. The first kappa shape index (κ1) is 28.0. The Morgan fingerprint density at radius 2 is 1.81 bits per heavy atom. The number of amides is 1. The van der Waals surface area contributed by atoms with Gasteiger partial charge in [-0.1, -0.05) is 53.2 Å². The van der Waals surface area contributed by atoms with E-state index in [9.17, 15) is 23.9 Å². The first-order valence-corrected chi connectivity index (χ1v) is 13.7. The Labute approximate surface area is 250 Å². The number of carboxylic acid groups (broad SMARTS) is 1. The van der Waals surface area contributed by atoms with Crippen LogP contribution in [0.4, 0.5) is 4.39 Å². The van der Waals surface area contributed by atoms with Gasteiger partial charge in [-0.2, -0.15) is 0 Å². The van der Waals surface area contributed by atoms with E-state index in [2.05, 4.69) is 15.3 Å². The molecule has 0 saturated carbocycles. The highest BCUT2D eigenvalue weighted by Crippen LogP contribution is 2.37. The van der Waals surface area contributed by atoms with Crippen LogP contribution in [0, 0.1) is 5.82 Å². The lowest BCUT2D eigenvalue weighted by molar-refractivity contribution is -0.123. The van der Waals surface area contributed by atoms with Crippen molar-refractivity contribution < 1.29 is 23.9 Å². The summed E-state index contributed by atoms with van der Waals surface area (Å²) in [5.41, 5.74) is 3.88. The summed E-state index contributed by atoms with van der Waals surface area (Å²) < 4.78 is 17.6. The van der Waals surface area contributed by atoms with Crippen LogP contribution in [0.1, 0.15) is 43.6 Å². The van der Waals surface area contributed by atoms with Crippen LogP contribution in [-0.2, 0) is 24.7 Å². The van der Waals surface area contributed by atoms with Gasteiger partial charge in [0.1, 0.15) is 11.7 Å². The zero-order valence-electron chi connectivity index (χ0n) is 22.8. The number of hydrogen-bond acceptors (Lipinski definition) is 6. The summed E-state index contributed by atoms with van der Waals surface area (Å²) >= 11 is 5.92. The maximum atomic E-state index is 14.6. The van der Waals surface area contributed by atoms with E-state index in [0.29, 0.717) is 17.5 Å². The third-order valence-electron chi connectivity index (χ3n) is 7.44. The molecule has 5 aromatic rings. The number of carboxylic acids is 1. The molecule has 216 valence electrons. The van der Waals surface area contributed by atoms with Crippen molar-refractivity contribution in [3.05, 3.63) is 118 Å². The maximum Gasteiger partial charge on any atom is 0.335 e. The Hall–Kier alpha value is -5.16. The van der Waals surface area contributed by atoms with Crippen molar-refractivity contribution in [2.24, 2.45) is 7.05 Å². The molecule has 6 rings (SSSR count). The molecule has 1 N–H and O–H groups in total. The first-order valence-electron chi connectivity index (χ1n) is 13.3. The minimum Gasteiger partial charge on any atom is -0.478 e. The molecule has 0 radical (unpaired) electrons. The molecule has 1 unspecified atom stereocenters. The van der Waals surface area contributed by atoms with E-state index in [1.54, 1.807) is 24.5 Å². The summed E-state index contributed by atoms with van der Waals surface area (Å²) in [6.07, 6.45) is 5.32. The molecule has 12 heteroatoms. The van der Waals surface area contributed by atoms with Crippen LogP contribution in [0.3, 0.4) is 0 Å². The SMILES string of the molecule is Cn1cnc(-c2cccc3c2CCN(C(=O)c2cn(-c4cccc(Cl)c4F)nn2)C3C(=O)Cc2ccc(C(=O)O)cc2)c1. The van der Waals surface area contributed by atoms with Crippen molar-refractivity contribution in [2.75, 3.05) is 6.54 Å². The zero-order chi connectivity index (χ0) is 30.2. The Kier molecular flexibility index (Phi) is 7.32. The van der Waals surface area contributed by atoms with Crippen LogP contribution in [-0.4, -0.2) is 58.8 Å². The van der Waals surface area contributed by atoms with Crippen LogP contribution < -0.4 is 0 Å². The maximum absolute atomic E-state index is 14.6. The lowest BCUT2D eigenvalue weighted by atomic mass is 9.84. The minimum absolute atomic E-state index is 0.0282. The fraction of sp³-hybridized carbons (Fsp3) is 0.161. The molecule has 0 bridgehead atoms. The minimum atomic E-state index is -1.07. The van der Waals surface area contributed by atoms with Gasteiger partial charge >= 0.3 is 5.97 Å². The van der Waals surface area contributed by atoms with Crippen molar-refractivity contribution in [1.82, 2.24) is 29.4 Å². The number of rotatable bonds is 7. The average molecular weight is 599 g/mol. The number of nitrogens with zero attached hydrogens (tertiary/aromatic N) is 6. The highest BCUT2D eigenvalue weighted by Gasteiger charge is 2.38. The Morgan fingerprint density at radius 1 is 1.05 bits per heavy atom. The van der Waals surface area contributed by atoms with Gasteiger partial charge in [-0.15, -0.1) is 5.10 Å². The van der Waals surface area contributed by atoms with Crippen LogP contribution >= 0.6 is 11.6 Å². The van der Waals surface area contributed by atoms with E-state index < -0.39 is 23.7 Å². The number of aromatic carboxylic acids is 1. The van der Waals surface area contributed by atoms with Gasteiger partial charge < -0.3 is 14.6 Å². The van der Waals surface area contributed by atoms with Crippen molar-refractivity contribution >= 4 is 29.3 Å². The lowest BCUT2D eigenvalue weighted by Crippen LogP contribution is -2.44. The molecular weight excluding hydrogens is 575 g/mol. The highest BCUT2D eigenvalue weighted by molar-refractivity contribution is 6.30. The van der Waals surface area contributed by atoms with Crippen molar-refractivity contribution in [3.63, 3.8) is 0 Å². The number of Topliss-reactive ketones (excluding diaryl/α,β-unsaturated/α-hetero) is 1. The largest absolute Gasteiger partial charge is 0.478 e. The monoisotopic (exact) mass is 598 g/mol. The van der Waals surface area contributed by atoms with Gasteiger partial charge in [0, 0.05) is 31.8 Å². The molecule has 3 heterocycles. The number of carbonyl (C=O) groups is 3. The summed E-state index contributed by atoms with van der Waals surface area (Å²) in [6, 6.07) is 15.1. The average Bonchev–Trinajstić information content (AvgIpc) is 3.67. The molecule has 43 heavy (non-hydrogen) atoms. The van der Waals surface area contributed by atoms with E-state index in [1.807, 2.05) is 36.0 Å². The topological polar surface area (TPSA) is 123 Å². The smallest absolute Gasteiger partial charge is 0.335 e. The Balaban J connectivity index is 1.38. The number of hydrogen-bond donors (Lipinski definition) is 1. The second-order valence-electron chi connectivity index (χ2n) is 10.2. The predicted molar refractivity (Wildman–Crippen MR) is 155 cm³/mol. The van der Waals surface area contributed by atoms with Crippen molar-refractivity contribution in [1.29, 1.82) is 0 Å². The highest BCUT2D eigenvalue weighted by atomic mass is 35.5. The van der Waals surface area contributed by atoms with E-state index in [4.69, 9.17) is 11.6 Å². The molecule has 0 saturated heterocycles. The lowest BCUT2D eigenvalue weighted by Gasteiger charge is -2.37. The van der Waals surface area contributed by atoms with Gasteiger partial charge in [0.2, 0.25) is 0 Å². The quantitative estimate of drug-likeness (QED) is 0.288. The Bertz CT molecular complexity index is 1880. The predicted octanol–water partition coefficient (Wildman–Crippen LogP) is 4.71. The summed E-state index contributed by atoms with van der Waals surface area (Å²) in [5.74, 6) is -2.57. The molecule has 3 aromatic carbocycles. The van der Waals surface area contributed by atoms with Crippen LogP contribution in [0.5, 0.6) is 0 Å². The number of aromatic nitrogens is 5. The molecule has 0 aliphatic carbocycles. The molecule has 2 aromatic heterocycles. The summed E-state index contributed by atoms with van der Waals surface area (Å²) in [7, 11) is 1.87. The van der Waals surface area contributed by atoms with Crippen LogP contribution in [0.15, 0.2) is 79.4 Å². The second kappa shape index (κ2) is 11.3. The molecular formula is C31H24ClFN6O4. The van der Waals surface area contributed by atoms with E-state index in [-0.39, 0.29) is 40.7 Å². The van der Waals surface area contributed by atoms with E-state index >= 15 is 0 Å². The standard InChI is InChI=1S/C31H24ClFN6O4/c1-37-15-24(34-17-37)21-4-2-5-22-20(21)12-13-38(29(22)27(40)14-18-8-10-19(11-9-18)31(42)43)30(41)25-16-39(36-35-25)26-7-3-6-23(32)28(26)33/h2-11,15-17,29H,12-14H2,1H3,(H,42,43). The molecule has 1 atom stereocenters. The fourth-order valence-electron chi connectivity index (χ4n) is 5.39. The van der Waals surface area contributed by atoms with E-state index in [0.717, 1.165) is 21.5 Å². The third kappa shape index (κ3) is 5.30. The van der Waals surface area contributed by atoms with Crippen LogP contribution in [0.25, 0.3) is 16.9 Å². The normalized spacial score (nSPS) is 14.4. The zero-order valence-corrected chi connectivity index (χ0v) is 23.6. The summed E-state index contributed by atoms with van der Waals surface area (Å²) in [4.78, 5) is 45.2. The third-order valence-corrected chi connectivity index (χ3v) is 7.73. The van der Waals surface area contributed by atoms with E-state index in [1.165, 1.54) is 35.4 Å². The van der Waals surface area contributed by atoms with Crippen molar-refractivity contribution in [3.8, 4) is 16.9 Å². The molecule has 1 aliphatic rings. The number of aryl methyl sites for hydroxylation is 1. The van der Waals surface area contributed by atoms with Crippen molar-refractivity contribution in [2.45, 2.75) is 18.9 Å².